The Hall–Kier alpha value is -2.80. The van der Waals surface area contributed by atoms with E-state index in [1.807, 2.05) is 54.8 Å². The Morgan fingerprint density at radius 2 is 1.87 bits per heavy atom. The second kappa shape index (κ2) is 9.80. The lowest BCUT2D eigenvalue weighted by atomic mass is 10.1. The van der Waals surface area contributed by atoms with E-state index in [2.05, 4.69) is 12.2 Å². The first kappa shape index (κ1) is 21.9. The predicted octanol–water partition coefficient (Wildman–Crippen LogP) is 3.42. The standard InChI is InChI=1S/C23H27N3O3S/c1-4-16-9-11-18(12-10-16)26-14-17(13-22(26)28)23(29)25(2)15-21(27)24-19-7-5-6-8-20(19)30-3/h5-12,17H,4,13-15H2,1-3H3,(H,24,27). The van der Waals surface area contributed by atoms with Crippen LogP contribution >= 0.6 is 11.8 Å². The maximum Gasteiger partial charge on any atom is 0.244 e. The molecule has 0 saturated carbocycles. The number of hydrogen-bond donors (Lipinski definition) is 1. The summed E-state index contributed by atoms with van der Waals surface area (Å²) in [4.78, 5) is 41.8. The fourth-order valence-electron chi connectivity index (χ4n) is 3.58. The zero-order valence-electron chi connectivity index (χ0n) is 17.6. The second-order valence-corrected chi connectivity index (χ2v) is 8.22. The monoisotopic (exact) mass is 425 g/mol. The van der Waals surface area contributed by atoms with E-state index >= 15 is 0 Å². The summed E-state index contributed by atoms with van der Waals surface area (Å²) in [5, 5.41) is 2.86. The number of para-hydroxylation sites is 1. The number of hydrogen-bond acceptors (Lipinski definition) is 4. The average molecular weight is 426 g/mol. The van der Waals surface area contributed by atoms with Crippen LogP contribution in [-0.2, 0) is 20.8 Å². The van der Waals surface area contributed by atoms with Crippen molar-refractivity contribution >= 4 is 40.9 Å². The van der Waals surface area contributed by atoms with Gasteiger partial charge in [-0.15, -0.1) is 11.8 Å². The highest BCUT2D eigenvalue weighted by Crippen LogP contribution is 2.27. The van der Waals surface area contributed by atoms with Crippen LogP contribution in [0.3, 0.4) is 0 Å². The number of carbonyl (C=O) groups is 3. The van der Waals surface area contributed by atoms with Crippen LogP contribution in [0, 0.1) is 5.92 Å². The molecule has 1 unspecified atom stereocenters. The third-order valence-corrected chi connectivity index (χ3v) is 6.06. The lowest BCUT2D eigenvalue weighted by molar-refractivity contribution is -0.137. The van der Waals surface area contributed by atoms with E-state index in [4.69, 9.17) is 0 Å². The maximum absolute atomic E-state index is 12.8. The van der Waals surface area contributed by atoms with Gasteiger partial charge in [0, 0.05) is 30.6 Å². The molecule has 2 aromatic carbocycles. The van der Waals surface area contributed by atoms with Crippen molar-refractivity contribution in [2.45, 2.75) is 24.7 Å². The van der Waals surface area contributed by atoms with Crippen molar-refractivity contribution in [1.29, 1.82) is 0 Å². The molecule has 1 saturated heterocycles. The van der Waals surface area contributed by atoms with E-state index in [0.717, 1.165) is 22.7 Å². The molecule has 1 N–H and O–H groups in total. The van der Waals surface area contributed by atoms with Crippen molar-refractivity contribution in [3.05, 3.63) is 54.1 Å². The fourth-order valence-corrected chi connectivity index (χ4v) is 4.13. The van der Waals surface area contributed by atoms with Gasteiger partial charge in [0.05, 0.1) is 18.2 Å². The van der Waals surface area contributed by atoms with Gasteiger partial charge in [-0.3, -0.25) is 14.4 Å². The minimum absolute atomic E-state index is 0.0581. The van der Waals surface area contributed by atoms with Crippen molar-refractivity contribution in [2.24, 2.45) is 5.92 Å². The molecule has 6 nitrogen and oxygen atoms in total. The van der Waals surface area contributed by atoms with Gasteiger partial charge in [-0.1, -0.05) is 31.2 Å². The van der Waals surface area contributed by atoms with Gasteiger partial charge in [-0.25, -0.2) is 0 Å². The molecule has 0 bridgehead atoms. The summed E-state index contributed by atoms with van der Waals surface area (Å²) in [7, 11) is 1.60. The number of likely N-dealkylation sites (N-methyl/N-ethyl adjacent to an activating group) is 1. The van der Waals surface area contributed by atoms with E-state index in [9.17, 15) is 14.4 Å². The van der Waals surface area contributed by atoms with Crippen LogP contribution in [0.4, 0.5) is 11.4 Å². The zero-order chi connectivity index (χ0) is 21.7. The van der Waals surface area contributed by atoms with E-state index in [-0.39, 0.29) is 30.7 Å². The molecular weight excluding hydrogens is 398 g/mol. The highest BCUT2D eigenvalue weighted by molar-refractivity contribution is 7.98. The smallest absolute Gasteiger partial charge is 0.244 e. The first-order valence-corrected chi connectivity index (χ1v) is 11.2. The Bertz CT molecular complexity index is 930. The van der Waals surface area contributed by atoms with Gasteiger partial charge < -0.3 is 15.1 Å². The fraction of sp³-hybridized carbons (Fsp3) is 0.348. The largest absolute Gasteiger partial charge is 0.336 e. The van der Waals surface area contributed by atoms with Crippen molar-refractivity contribution < 1.29 is 14.4 Å². The summed E-state index contributed by atoms with van der Waals surface area (Å²) < 4.78 is 0. The molecule has 158 valence electrons. The number of rotatable bonds is 7. The van der Waals surface area contributed by atoms with Crippen molar-refractivity contribution in [3.63, 3.8) is 0 Å². The Morgan fingerprint density at radius 1 is 1.17 bits per heavy atom. The van der Waals surface area contributed by atoms with Gasteiger partial charge in [0.2, 0.25) is 17.7 Å². The molecule has 1 atom stereocenters. The van der Waals surface area contributed by atoms with Gasteiger partial charge in [-0.05, 0) is 42.5 Å². The number of amides is 3. The Labute approximate surface area is 181 Å². The topological polar surface area (TPSA) is 69.7 Å². The van der Waals surface area contributed by atoms with Crippen LogP contribution in [0.2, 0.25) is 0 Å². The van der Waals surface area contributed by atoms with Crippen LogP contribution in [0.1, 0.15) is 18.9 Å². The number of carbonyl (C=O) groups excluding carboxylic acids is 3. The molecule has 3 amide bonds. The molecule has 1 heterocycles. The Balaban J connectivity index is 1.59. The third kappa shape index (κ3) is 5.02. The first-order chi connectivity index (χ1) is 14.4. The molecule has 1 aliphatic rings. The van der Waals surface area contributed by atoms with Gasteiger partial charge in [-0.2, -0.15) is 0 Å². The van der Waals surface area contributed by atoms with Crippen LogP contribution in [0.25, 0.3) is 0 Å². The highest BCUT2D eigenvalue weighted by atomic mass is 32.2. The number of anilines is 2. The SMILES string of the molecule is CCc1ccc(N2CC(C(=O)N(C)CC(=O)Nc3ccccc3SC)CC2=O)cc1. The van der Waals surface area contributed by atoms with E-state index in [1.54, 1.807) is 23.7 Å². The quantitative estimate of drug-likeness (QED) is 0.690. The van der Waals surface area contributed by atoms with E-state index in [1.165, 1.54) is 10.5 Å². The number of thioether (sulfide) groups is 1. The second-order valence-electron chi connectivity index (χ2n) is 7.37. The number of benzene rings is 2. The molecule has 30 heavy (non-hydrogen) atoms. The summed E-state index contributed by atoms with van der Waals surface area (Å²) in [5.74, 6) is -0.961. The number of aryl methyl sites for hydroxylation is 1. The third-order valence-electron chi connectivity index (χ3n) is 5.27. The van der Waals surface area contributed by atoms with Gasteiger partial charge >= 0.3 is 0 Å². The Morgan fingerprint density at radius 3 is 2.53 bits per heavy atom. The molecule has 0 aromatic heterocycles. The normalized spacial score (nSPS) is 15.9. The van der Waals surface area contributed by atoms with Gasteiger partial charge in [0.25, 0.3) is 0 Å². The molecular formula is C23H27N3O3S. The predicted molar refractivity (Wildman–Crippen MR) is 121 cm³/mol. The van der Waals surface area contributed by atoms with Gasteiger partial charge in [0.1, 0.15) is 0 Å². The van der Waals surface area contributed by atoms with Crippen LogP contribution in [0.5, 0.6) is 0 Å². The van der Waals surface area contributed by atoms with Gasteiger partial charge in [0.15, 0.2) is 0 Å². The lowest BCUT2D eigenvalue weighted by Crippen LogP contribution is -2.39. The van der Waals surface area contributed by atoms with Crippen LogP contribution < -0.4 is 10.2 Å². The van der Waals surface area contributed by atoms with Crippen molar-refractivity contribution in [1.82, 2.24) is 4.90 Å². The molecule has 3 rings (SSSR count). The number of nitrogens with one attached hydrogen (secondary N) is 1. The van der Waals surface area contributed by atoms with Crippen LogP contribution in [-0.4, -0.2) is 49.0 Å². The molecule has 1 aliphatic heterocycles. The summed E-state index contributed by atoms with van der Waals surface area (Å²) >= 11 is 1.55. The Kier molecular flexibility index (Phi) is 7.15. The molecule has 0 aliphatic carbocycles. The zero-order valence-corrected chi connectivity index (χ0v) is 18.4. The van der Waals surface area contributed by atoms with E-state index in [0.29, 0.717) is 6.54 Å². The first-order valence-electron chi connectivity index (χ1n) is 10.00. The summed E-state index contributed by atoms with van der Waals surface area (Å²) in [5.41, 5.74) is 2.74. The highest BCUT2D eigenvalue weighted by Gasteiger charge is 2.36. The van der Waals surface area contributed by atoms with Crippen molar-refractivity contribution in [3.8, 4) is 0 Å². The molecule has 7 heteroatoms. The minimum Gasteiger partial charge on any atom is -0.336 e. The average Bonchev–Trinajstić information content (AvgIpc) is 3.15. The summed E-state index contributed by atoms with van der Waals surface area (Å²) in [6, 6.07) is 15.4. The molecule has 2 aromatic rings. The summed E-state index contributed by atoms with van der Waals surface area (Å²) in [6.45, 7) is 2.36. The van der Waals surface area contributed by atoms with Crippen molar-refractivity contribution in [2.75, 3.05) is 36.6 Å². The summed E-state index contributed by atoms with van der Waals surface area (Å²) in [6.07, 6.45) is 3.04. The lowest BCUT2D eigenvalue weighted by Gasteiger charge is -2.21. The van der Waals surface area contributed by atoms with Crippen LogP contribution in [0.15, 0.2) is 53.4 Å². The molecule has 0 spiro atoms. The minimum atomic E-state index is -0.445. The van der Waals surface area contributed by atoms with E-state index < -0.39 is 5.92 Å². The molecule has 1 fully saturated rings. The number of nitrogens with zero attached hydrogens (tertiary/aromatic N) is 2. The molecule has 0 radical (unpaired) electrons. The maximum atomic E-state index is 12.8.